The lowest BCUT2D eigenvalue weighted by molar-refractivity contribution is -0.119. The third-order valence-corrected chi connectivity index (χ3v) is 4.99. The molecule has 0 unspecified atom stereocenters. The molecule has 0 aliphatic carbocycles. The molecule has 0 atom stereocenters. The lowest BCUT2D eigenvalue weighted by atomic mass is 10.1. The Morgan fingerprint density at radius 1 is 1.48 bits per heavy atom. The number of aryl methyl sites for hydroxylation is 1. The smallest absolute Gasteiger partial charge is 0.239 e. The lowest BCUT2D eigenvalue weighted by Gasteiger charge is -2.31. The Labute approximate surface area is 152 Å². The van der Waals surface area contributed by atoms with E-state index in [2.05, 4.69) is 22.1 Å². The van der Waals surface area contributed by atoms with Gasteiger partial charge in [0.2, 0.25) is 5.91 Å². The molecule has 2 heterocycles. The van der Waals surface area contributed by atoms with Crippen molar-refractivity contribution in [2.45, 2.75) is 26.7 Å². The van der Waals surface area contributed by atoms with E-state index >= 15 is 0 Å². The van der Waals surface area contributed by atoms with Crippen molar-refractivity contribution in [1.29, 1.82) is 0 Å². The van der Waals surface area contributed by atoms with Crippen LogP contribution in [-0.4, -0.2) is 37.1 Å². The molecule has 7 heteroatoms. The van der Waals surface area contributed by atoms with E-state index in [-0.39, 0.29) is 5.91 Å². The molecule has 1 aliphatic rings. The zero-order chi connectivity index (χ0) is 17.8. The Hall–Kier alpha value is -2.28. The second kappa shape index (κ2) is 7.74. The van der Waals surface area contributed by atoms with Gasteiger partial charge in [0.05, 0.1) is 24.5 Å². The van der Waals surface area contributed by atoms with Gasteiger partial charge in [-0.15, -0.1) is 11.3 Å². The number of fused-ring (bicyclic) bond motifs is 1. The summed E-state index contributed by atoms with van der Waals surface area (Å²) in [5.74, 6) is 0.845. The maximum atomic E-state index is 12.2. The van der Waals surface area contributed by atoms with Crippen LogP contribution >= 0.6 is 11.3 Å². The van der Waals surface area contributed by atoms with Crippen molar-refractivity contribution in [2.75, 3.05) is 36.9 Å². The highest BCUT2D eigenvalue weighted by Gasteiger charge is 2.21. The van der Waals surface area contributed by atoms with Gasteiger partial charge in [-0.3, -0.25) is 4.79 Å². The number of carbonyl (C=O) groups excluding carboxylic acids is 1. The van der Waals surface area contributed by atoms with Crippen LogP contribution in [0.15, 0.2) is 18.2 Å². The summed E-state index contributed by atoms with van der Waals surface area (Å²) in [7, 11) is 0. The van der Waals surface area contributed by atoms with Gasteiger partial charge in [0.15, 0.2) is 5.13 Å². The van der Waals surface area contributed by atoms with Crippen molar-refractivity contribution in [3.05, 3.63) is 23.1 Å². The van der Waals surface area contributed by atoms with Crippen LogP contribution in [0.1, 0.15) is 24.6 Å². The molecule has 6 nitrogen and oxygen atoms in total. The quantitative estimate of drug-likeness (QED) is 0.774. The van der Waals surface area contributed by atoms with Crippen LogP contribution in [0.4, 0.5) is 10.8 Å². The third-order valence-electron chi connectivity index (χ3n) is 4.19. The van der Waals surface area contributed by atoms with Crippen LogP contribution in [-0.2, 0) is 4.79 Å². The first-order chi connectivity index (χ1) is 12.1. The number of anilines is 2. The van der Waals surface area contributed by atoms with Crippen LogP contribution in [0.5, 0.6) is 5.75 Å². The van der Waals surface area contributed by atoms with E-state index in [1.807, 2.05) is 25.1 Å². The average Bonchev–Trinajstić information content (AvgIpc) is 2.93. The van der Waals surface area contributed by atoms with E-state index in [4.69, 9.17) is 10.5 Å². The summed E-state index contributed by atoms with van der Waals surface area (Å²) >= 11 is 1.48. The Morgan fingerprint density at radius 3 is 3.04 bits per heavy atom. The highest BCUT2D eigenvalue weighted by molar-refractivity contribution is 7.15. The van der Waals surface area contributed by atoms with Crippen LogP contribution in [0.3, 0.4) is 0 Å². The molecule has 1 aliphatic heterocycles. The fourth-order valence-corrected chi connectivity index (χ4v) is 3.61. The fourth-order valence-electron chi connectivity index (χ4n) is 2.90. The number of nitrogens with two attached hydrogens (primary N) is 1. The van der Waals surface area contributed by atoms with Crippen molar-refractivity contribution >= 4 is 28.1 Å². The topological polar surface area (TPSA) is 80.5 Å². The summed E-state index contributed by atoms with van der Waals surface area (Å²) in [5, 5.41) is 3.54. The first-order valence-electron chi connectivity index (χ1n) is 8.60. The number of thiazole rings is 1. The Balaban J connectivity index is 1.81. The van der Waals surface area contributed by atoms with E-state index in [9.17, 15) is 4.79 Å². The second-order valence-corrected chi connectivity index (χ2v) is 7.35. The maximum absolute atomic E-state index is 12.2. The van der Waals surface area contributed by atoms with Crippen LogP contribution in [0, 0.1) is 6.92 Å². The molecular weight excluding hydrogens is 336 g/mol. The van der Waals surface area contributed by atoms with E-state index in [0.717, 1.165) is 47.0 Å². The molecular formula is C18H24N4O2S. The Morgan fingerprint density at radius 2 is 2.32 bits per heavy atom. The third kappa shape index (κ3) is 4.04. The number of nitrogens with zero attached hydrogens (tertiary/aromatic N) is 2. The number of carbonyl (C=O) groups is 1. The molecule has 134 valence electrons. The molecule has 3 rings (SSSR count). The van der Waals surface area contributed by atoms with E-state index in [1.54, 1.807) is 0 Å². The van der Waals surface area contributed by atoms with Gasteiger partial charge in [-0.05, 0) is 31.5 Å². The fraction of sp³-hybridized carbons (Fsp3) is 0.444. The summed E-state index contributed by atoms with van der Waals surface area (Å²) in [6.07, 6.45) is 2.07. The maximum Gasteiger partial charge on any atom is 0.239 e. The van der Waals surface area contributed by atoms with Gasteiger partial charge in [0.25, 0.3) is 0 Å². The predicted molar refractivity (Wildman–Crippen MR) is 102 cm³/mol. The lowest BCUT2D eigenvalue weighted by Crippen LogP contribution is -2.41. The number of ether oxygens (including phenoxy) is 1. The minimum absolute atomic E-state index is 0.0424. The predicted octanol–water partition coefficient (Wildman–Crippen LogP) is 2.82. The van der Waals surface area contributed by atoms with Crippen molar-refractivity contribution in [3.63, 3.8) is 0 Å². The number of aromatic nitrogens is 1. The van der Waals surface area contributed by atoms with Crippen molar-refractivity contribution in [2.24, 2.45) is 0 Å². The van der Waals surface area contributed by atoms with Crippen LogP contribution in [0.25, 0.3) is 11.3 Å². The summed E-state index contributed by atoms with van der Waals surface area (Å²) in [6, 6.07) is 5.97. The van der Waals surface area contributed by atoms with Gasteiger partial charge in [-0.2, -0.15) is 0 Å². The summed E-state index contributed by atoms with van der Waals surface area (Å²) < 4.78 is 5.74. The SMILES string of the molecule is CCCCNC(=O)CN1CCOc2ccc(-c3nc(N)sc3C)cc21. The molecule has 0 saturated heterocycles. The molecule has 3 N–H and O–H groups in total. The Bertz CT molecular complexity index is 760. The standard InChI is InChI=1S/C18H24N4O2S/c1-3-4-7-20-16(23)11-22-8-9-24-15-6-5-13(10-14(15)22)17-12(2)25-18(19)21-17/h5-6,10H,3-4,7-9,11H2,1-2H3,(H2,19,21)(H,20,23). The van der Waals surface area contributed by atoms with Crippen molar-refractivity contribution in [3.8, 4) is 17.0 Å². The molecule has 1 amide bonds. The number of nitrogens with one attached hydrogen (secondary N) is 1. The van der Waals surface area contributed by atoms with Crippen molar-refractivity contribution in [1.82, 2.24) is 10.3 Å². The van der Waals surface area contributed by atoms with Gasteiger partial charge >= 0.3 is 0 Å². The van der Waals surface area contributed by atoms with Crippen LogP contribution < -0.4 is 20.7 Å². The molecule has 0 saturated carbocycles. The number of amides is 1. The largest absolute Gasteiger partial charge is 0.490 e. The van der Waals surface area contributed by atoms with Gasteiger partial charge in [-0.1, -0.05) is 13.3 Å². The van der Waals surface area contributed by atoms with E-state index < -0.39 is 0 Å². The van der Waals surface area contributed by atoms with Gasteiger partial charge in [0.1, 0.15) is 12.4 Å². The molecule has 0 bridgehead atoms. The summed E-state index contributed by atoms with van der Waals surface area (Å²) in [5.41, 5.74) is 8.64. The highest BCUT2D eigenvalue weighted by Crippen LogP contribution is 2.37. The number of hydrogen-bond acceptors (Lipinski definition) is 6. The normalized spacial score (nSPS) is 13.3. The molecule has 25 heavy (non-hydrogen) atoms. The summed E-state index contributed by atoms with van der Waals surface area (Å²) in [6.45, 7) is 6.45. The molecule has 1 aromatic carbocycles. The zero-order valence-corrected chi connectivity index (χ0v) is 15.5. The molecule has 2 aromatic rings. The van der Waals surface area contributed by atoms with Gasteiger partial charge in [0, 0.05) is 17.0 Å². The van der Waals surface area contributed by atoms with Crippen molar-refractivity contribution < 1.29 is 9.53 Å². The van der Waals surface area contributed by atoms with E-state index in [1.165, 1.54) is 11.3 Å². The molecule has 0 radical (unpaired) electrons. The molecule has 0 fully saturated rings. The monoisotopic (exact) mass is 360 g/mol. The summed E-state index contributed by atoms with van der Waals surface area (Å²) in [4.78, 5) is 19.8. The number of hydrogen-bond donors (Lipinski definition) is 2. The first-order valence-corrected chi connectivity index (χ1v) is 9.42. The van der Waals surface area contributed by atoms with E-state index in [0.29, 0.717) is 24.8 Å². The number of benzene rings is 1. The number of nitrogen functional groups attached to an aromatic ring is 1. The van der Waals surface area contributed by atoms with Crippen LogP contribution in [0.2, 0.25) is 0 Å². The first kappa shape index (κ1) is 17.5. The van der Waals surface area contributed by atoms with Gasteiger partial charge in [-0.25, -0.2) is 4.98 Å². The number of rotatable bonds is 6. The molecule has 0 spiro atoms. The average molecular weight is 360 g/mol. The minimum Gasteiger partial charge on any atom is -0.490 e. The zero-order valence-electron chi connectivity index (χ0n) is 14.7. The van der Waals surface area contributed by atoms with Gasteiger partial charge < -0.3 is 20.7 Å². The minimum atomic E-state index is 0.0424. The Kier molecular flexibility index (Phi) is 5.43. The molecule has 1 aromatic heterocycles. The number of unbranched alkanes of at least 4 members (excludes halogenated alkanes) is 1. The second-order valence-electron chi connectivity index (χ2n) is 6.11. The highest BCUT2D eigenvalue weighted by atomic mass is 32.1.